The second-order valence-electron chi connectivity index (χ2n) is 3.26. The topological polar surface area (TPSA) is 71.4 Å². The van der Waals surface area contributed by atoms with Crippen molar-refractivity contribution in [2.24, 2.45) is 0 Å². The van der Waals surface area contributed by atoms with Crippen LogP contribution < -0.4 is 0 Å². The molecule has 0 aliphatic rings. The Morgan fingerprint density at radius 2 is 2.12 bits per heavy atom. The Morgan fingerprint density at radius 3 is 2.65 bits per heavy atom. The summed E-state index contributed by atoms with van der Waals surface area (Å²) in [6, 6.07) is 2.74. The van der Waals surface area contributed by atoms with E-state index in [0.29, 0.717) is 5.75 Å². The van der Waals surface area contributed by atoms with Crippen LogP contribution in [-0.2, 0) is 9.84 Å². The van der Waals surface area contributed by atoms with E-state index in [1.165, 1.54) is 11.8 Å². The number of hydrogen-bond donors (Lipinski definition) is 1. The summed E-state index contributed by atoms with van der Waals surface area (Å²) in [5, 5.41) is 8.72. The number of thioether (sulfide) groups is 1. The molecule has 0 spiro atoms. The predicted molar refractivity (Wildman–Crippen MR) is 63.8 cm³/mol. The zero-order valence-corrected chi connectivity index (χ0v) is 10.6. The highest BCUT2D eigenvalue weighted by Crippen LogP contribution is 2.18. The monoisotopic (exact) mass is 278 g/mol. The quantitative estimate of drug-likeness (QED) is 0.887. The van der Waals surface area contributed by atoms with E-state index in [-0.39, 0.29) is 11.3 Å². The molecule has 0 unspecified atom stereocenters. The molecule has 0 amide bonds. The lowest BCUT2D eigenvalue weighted by molar-refractivity contribution is 0.0696. The normalized spacial score (nSPS) is 11.4. The molecular formula is C10H11FO4S2. The standard InChI is InChI=1S/C10H11FO4S2/c1-16-4-5-17(14,15)9-6-7(10(12)13)2-3-8(9)11/h2-3,6H,4-5H2,1H3,(H,12,13). The molecule has 1 aromatic rings. The minimum absolute atomic E-state index is 0.214. The Labute approximate surface area is 103 Å². The van der Waals surface area contributed by atoms with Gasteiger partial charge in [0.1, 0.15) is 10.7 Å². The summed E-state index contributed by atoms with van der Waals surface area (Å²) in [6.07, 6.45) is 1.74. The molecule has 0 bridgehead atoms. The van der Waals surface area contributed by atoms with E-state index in [1.807, 2.05) is 0 Å². The largest absolute Gasteiger partial charge is 0.478 e. The maximum absolute atomic E-state index is 13.4. The lowest BCUT2D eigenvalue weighted by Crippen LogP contribution is -2.12. The number of rotatable bonds is 5. The van der Waals surface area contributed by atoms with Crippen molar-refractivity contribution in [2.75, 3.05) is 17.8 Å². The summed E-state index contributed by atoms with van der Waals surface area (Å²) in [5.41, 5.74) is -0.242. The Kier molecular flexibility index (Phi) is 4.53. The maximum Gasteiger partial charge on any atom is 0.335 e. The number of carboxylic acid groups (broad SMARTS) is 1. The summed E-state index contributed by atoms with van der Waals surface area (Å²) in [6.45, 7) is 0. The Bertz CT molecular complexity index is 525. The third kappa shape index (κ3) is 3.44. The molecule has 0 aliphatic carbocycles. The first-order chi connectivity index (χ1) is 7.88. The number of hydrogen-bond acceptors (Lipinski definition) is 4. The van der Waals surface area contributed by atoms with Gasteiger partial charge >= 0.3 is 5.97 Å². The van der Waals surface area contributed by atoms with Gasteiger partial charge in [0.2, 0.25) is 0 Å². The van der Waals surface area contributed by atoms with Crippen molar-refractivity contribution in [3.63, 3.8) is 0 Å². The van der Waals surface area contributed by atoms with Crippen LogP contribution in [0, 0.1) is 5.82 Å². The molecule has 4 nitrogen and oxygen atoms in total. The van der Waals surface area contributed by atoms with Gasteiger partial charge < -0.3 is 5.11 Å². The predicted octanol–water partition coefficient (Wildman–Crippen LogP) is 1.66. The number of carbonyl (C=O) groups is 1. The van der Waals surface area contributed by atoms with E-state index >= 15 is 0 Å². The van der Waals surface area contributed by atoms with Gasteiger partial charge in [0.05, 0.1) is 11.3 Å². The number of aromatic carboxylic acids is 1. The zero-order chi connectivity index (χ0) is 13.1. The summed E-state index contributed by atoms with van der Waals surface area (Å²) in [5.74, 6) is -2.09. The first-order valence-electron chi connectivity index (χ1n) is 4.63. The molecule has 17 heavy (non-hydrogen) atoms. The third-order valence-corrected chi connectivity index (χ3v) is 4.66. The van der Waals surface area contributed by atoms with Crippen molar-refractivity contribution < 1.29 is 22.7 Å². The van der Waals surface area contributed by atoms with Gasteiger partial charge in [-0.3, -0.25) is 0 Å². The van der Waals surface area contributed by atoms with Crippen molar-refractivity contribution in [1.29, 1.82) is 0 Å². The van der Waals surface area contributed by atoms with Gasteiger partial charge in [-0.1, -0.05) is 0 Å². The van der Waals surface area contributed by atoms with E-state index in [1.54, 1.807) is 6.26 Å². The van der Waals surface area contributed by atoms with Crippen LogP contribution in [0.25, 0.3) is 0 Å². The van der Waals surface area contributed by atoms with Crippen LogP contribution in [0.5, 0.6) is 0 Å². The highest BCUT2D eigenvalue weighted by molar-refractivity contribution is 8.00. The molecule has 0 heterocycles. The van der Waals surface area contributed by atoms with E-state index in [0.717, 1.165) is 18.2 Å². The van der Waals surface area contributed by atoms with Gasteiger partial charge in [0.15, 0.2) is 9.84 Å². The fourth-order valence-electron chi connectivity index (χ4n) is 1.18. The maximum atomic E-state index is 13.4. The van der Waals surface area contributed by atoms with Gasteiger partial charge in [0.25, 0.3) is 0 Å². The Balaban J connectivity index is 3.20. The molecule has 1 rings (SSSR count). The average molecular weight is 278 g/mol. The van der Waals surface area contributed by atoms with Crippen LogP contribution in [0.1, 0.15) is 10.4 Å². The van der Waals surface area contributed by atoms with Gasteiger partial charge in [-0.05, 0) is 24.5 Å². The van der Waals surface area contributed by atoms with E-state index < -0.39 is 26.5 Å². The minimum atomic E-state index is -3.77. The average Bonchev–Trinajstić information content (AvgIpc) is 2.26. The van der Waals surface area contributed by atoms with E-state index in [9.17, 15) is 17.6 Å². The first-order valence-corrected chi connectivity index (χ1v) is 7.67. The van der Waals surface area contributed by atoms with Crippen molar-refractivity contribution in [2.45, 2.75) is 4.90 Å². The van der Waals surface area contributed by atoms with Crippen LogP contribution in [-0.4, -0.2) is 37.3 Å². The van der Waals surface area contributed by atoms with E-state index in [2.05, 4.69) is 0 Å². The molecule has 1 N–H and O–H groups in total. The van der Waals surface area contributed by atoms with Gasteiger partial charge in [0, 0.05) is 5.75 Å². The second kappa shape index (κ2) is 5.50. The lowest BCUT2D eigenvalue weighted by Gasteiger charge is -2.05. The van der Waals surface area contributed by atoms with Crippen molar-refractivity contribution in [3.8, 4) is 0 Å². The SMILES string of the molecule is CSCCS(=O)(=O)c1cc(C(=O)O)ccc1F. The molecule has 0 saturated heterocycles. The molecule has 0 atom stereocenters. The van der Waals surface area contributed by atoms with Crippen LogP contribution in [0.15, 0.2) is 23.1 Å². The molecule has 1 aromatic carbocycles. The fourth-order valence-corrected chi connectivity index (χ4v) is 3.61. The number of sulfone groups is 1. The minimum Gasteiger partial charge on any atom is -0.478 e. The fraction of sp³-hybridized carbons (Fsp3) is 0.300. The summed E-state index contributed by atoms with van der Waals surface area (Å²) < 4.78 is 36.9. The van der Waals surface area contributed by atoms with Crippen LogP contribution in [0.4, 0.5) is 4.39 Å². The highest BCUT2D eigenvalue weighted by atomic mass is 32.2. The molecule has 0 aliphatic heterocycles. The first kappa shape index (κ1) is 14.0. The van der Waals surface area contributed by atoms with Crippen LogP contribution >= 0.6 is 11.8 Å². The molecule has 0 fully saturated rings. The molecule has 0 radical (unpaired) electrons. The van der Waals surface area contributed by atoms with Gasteiger partial charge in [-0.25, -0.2) is 17.6 Å². The molecule has 94 valence electrons. The van der Waals surface area contributed by atoms with E-state index in [4.69, 9.17) is 5.11 Å². The molecular weight excluding hydrogens is 267 g/mol. The molecule has 0 saturated carbocycles. The zero-order valence-electron chi connectivity index (χ0n) is 9.01. The summed E-state index contributed by atoms with van der Waals surface area (Å²) in [7, 11) is -3.77. The number of benzene rings is 1. The molecule has 0 aromatic heterocycles. The second-order valence-corrected chi connectivity index (χ2v) is 6.33. The summed E-state index contributed by atoms with van der Waals surface area (Å²) >= 11 is 1.32. The highest BCUT2D eigenvalue weighted by Gasteiger charge is 2.20. The van der Waals surface area contributed by atoms with Gasteiger partial charge in [-0.15, -0.1) is 0 Å². The van der Waals surface area contributed by atoms with Crippen molar-refractivity contribution in [1.82, 2.24) is 0 Å². The Morgan fingerprint density at radius 1 is 1.47 bits per heavy atom. The summed E-state index contributed by atoms with van der Waals surface area (Å²) in [4.78, 5) is 10.1. The lowest BCUT2D eigenvalue weighted by atomic mass is 10.2. The number of halogens is 1. The molecule has 7 heteroatoms. The third-order valence-electron chi connectivity index (χ3n) is 2.07. The smallest absolute Gasteiger partial charge is 0.335 e. The number of carboxylic acids is 1. The van der Waals surface area contributed by atoms with Crippen LogP contribution in [0.2, 0.25) is 0 Å². The van der Waals surface area contributed by atoms with Crippen LogP contribution in [0.3, 0.4) is 0 Å². The van der Waals surface area contributed by atoms with Crippen molar-refractivity contribution >= 4 is 27.6 Å². The Hall–Kier alpha value is -1.08. The van der Waals surface area contributed by atoms with Gasteiger partial charge in [-0.2, -0.15) is 11.8 Å². The van der Waals surface area contributed by atoms with Crippen molar-refractivity contribution in [3.05, 3.63) is 29.6 Å².